The highest BCUT2D eigenvalue weighted by molar-refractivity contribution is 6.31. The van der Waals surface area contributed by atoms with Gasteiger partial charge in [-0.15, -0.1) is 0 Å². The van der Waals surface area contributed by atoms with Gasteiger partial charge in [-0.05, 0) is 104 Å². The van der Waals surface area contributed by atoms with E-state index in [4.69, 9.17) is 22.4 Å². The topological polar surface area (TPSA) is 85.0 Å². The van der Waals surface area contributed by atoms with Gasteiger partial charge >= 0.3 is 0 Å². The molecule has 7 heteroatoms. The molecule has 2 aromatic carbocycles. The van der Waals surface area contributed by atoms with E-state index in [1.165, 1.54) is 44.1 Å². The summed E-state index contributed by atoms with van der Waals surface area (Å²) in [6, 6.07) is 16.8. The van der Waals surface area contributed by atoms with Crippen LogP contribution in [0, 0.1) is 23.7 Å². The third-order valence-corrected chi connectivity index (χ3v) is 10.4. The quantitative estimate of drug-likeness (QED) is 0.185. The smallest absolute Gasteiger partial charge is 0.272 e. The van der Waals surface area contributed by atoms with Gasteiger partial charge in [-0.25, -0.2) is 0 Å². The number of nitrogens with zero attached hydrogens (tertiary/aromatic N) is 2. The molecule has 0 radical (unpaired) electrons. The van der Waals surface area contributed by atoms with Gasteiger partial charge in [0, 0.05) is 23.2 Å². The number of amides is 1. The van der Waals surface area contributed by atoms with Crippen LogP contribution in [0.1, 0.15) is 92.9 Å². The normalized spacial score (nSPS) is 22.5. The van der Waals surface area contributed by atoms with Gasteiger partial charge in [-0.3, -0.25) is 9.48 Å². The number of carbonyl (C=O) groups excluding carboxylic acids is 1. The Labute approximate surface area is 256 Å². The third-order valence-electron chi connectivity index (χ3n) is 10.0. The Hall–Kier alpha value is -2.67. The number of nitrogens with one attached hydrogen (secondary N) is 2. The van der Waals surface area contributed by atoms with Crippen LogP contribution in [0.5, 0.6) is 0 Å². The zero-order valence-electron chi connectivity index (χ0n) is 25.8. The number of hydrogen-bond donors (Lipinski definition) is 3. The molecule has 4 N–H and O–H groups in total. The molecule has 5 rings (SSSR count). The standard InChI is InChI=1S/C35H48ClN5O/c1-24-19-27(13-14-29(24)36)31-20-30(32(42)39-33-34(2,3)28-15-16-35(33,4)21-28)40-41(31)23-26-11-9-25(10-12-26)22-38-18-8-6-5-7-17-37/h9-14,19-20,28,33,38H,5-8,15-18,21-23,37H2,1-4H3,(H,39,42). The molecular weight excluding hydrogens is 542 g/mol. The Morgan fingerprint density at radius 2 is 1.79 bits per heavy atom. The van der Waals surface area contributed by atoms with Crippen molar-refractivity contribution in [3.63, 3.8) is 0 Å². The highest BCUT2D eigenvalue weighted by Gasteiger charge is 2.59. The Balaban J connectivity index is 1.31. The van der Waals surface area contributed by atoms with Crippen LogP contribution in [0.3, 0.4) is 0 Å². The number of unbranched alkanes of at least 4 members (excludes halogenated alkanes) is 3. The summed E-state index contributed by atoms with van der Waals surface area (Å²) < 4.78 is 1.96. The summed E-state index contributed by atoms with van der Waals surface area (Å²) in [5, 5.41) is 12.6. The largest absolute Gasteiger partial charge is 0.347 e. The van der Waals surface area contributed by atoms with Crippen molar-refractivity contribution in [1.82, 2.24) is 20.4 Å². The summed E-state index contributed by atoms with van der Waals surface area (Å²) in [5.41, 5.74) is 11.6. The number of nitrogens with two attached hydrogens (primary N) is 1. The molecule has 2 aliphatic rings. The van der Waals surface area contributed by atoms with E-state index in [2.05, 4.69) is 61.7 Å². The predicted molar refractivity (Wildman–Crippen MR) is 173 cm³/mol. The lowest BCUT2D eigenvalue weighted by atomic mass is 9.68. The van der Waals surface area contributed by atoms with Gasteiger partial charge in [0.2, 0.25) is 0 Å². The van der Waals surface area contributed by atoms with E-state index >= 15 is 0 Å². The van der Waals surface area contributed by atoms with Crippen LogP contribution < -0.4 is 16.4 Å². The Morgan fingerprint density at radius 3 is 2.48 bits per heavy atom. The molecular formula is C35H48ClN5O. The lowest BCUT2D eigenvalue weighted by Gasteiger charge is -2.42. The zero-order valence-corrected chi connectivity index (χ0v) is 26.6. The molecule has 2 saturated carbocycles. The third kappa shape index (κ3) is 6.61. The second-order valence-corrected chi connectivity index (χ2v) is 14.0. The molecule has 226 valence electrons. The van der Waals surface area contributed by atoms with Crippen molar-refractivity contribution in [2.45, 2.75) is 91.8 Å². The maximum atomic E-state index is 13.7. The first-order valence-electron chi connectivity index (χ1n) is 15.7. The number of fused-ring (bicyclic) bond motifs is 2. The maximum Gasteiger partial charge on any atom is 0.272 e. The van der Waals surface area contributed by atoms with Crippen molar-refractivity contribution in [3.8, 4) is 11.3 Å². The van der Waals surface area contributed by atoms with Gasteiger partial charge in [0.25, 0.3) is 5.91 Å². The number of benzene rings is 2. The number of halogens is 1. The van der Waals surface area contributed by atoms with Crippen LogP contribution in [0.25, 0.3) is 11.3 Å². The van der Waals surface area contributed by atoms with E-state index in [1.807, 2.05) is 29.8 Å². The summed E-state index contributed by atoms with van der Waals surface area (Å²) in [7, 11) is 0. The van der Waals surface area contributed by atoms with E-state index < -0.39 is 0 Å². The first-order chi connectivity index (χ1) is 20.1. The fourth-order valence-corrected chi connectivity index (χ4v) is 7.59. The van der Waals surface area contributed by atoms with Crippen LogP contribution >= 0.6 is 11.6 Å². The number of rotatable bonds is 13. The van der Waals surface area contributed by atoms with E-state index in [9.17, 15) is 4.79 Å². The average molecular weight is 590 g/mol. The molecule has 2 fully saturated rings. The van der Waals surface area contributed by atoms with Gasteiger partial charge in [-0.1, -0.05) is 75.5 Å². The highest BCUT2D eigenvalue weighted by atomic mass is 35.5. The fourth-order valence-electron chi connectivity index (χ4n) is 7.47. The molecule has 0 aliphatic heterocycles. The predicted octanol–water partition coefficient (Wildman–Crippen LogP) is 7.11. The maximum absolute atomic E-state index is 13.7. The molecule has 2 bridgehead atoms. The summed E-state index contributed by atoms with van der Waals surface area (Å²) in [6.45, 7) is 12.2. The van der Waals surface area contributed by atoms with E-state index in [-0.39, 0.29) is 22.8 Å². The van der Waals surface area contributed by atoms with Gasteiger partial charge < -0.3 is 16.4 Å². The second kappa shape index (κ2) is 12.9. The zero-order chi connectivity index (χ0) is 29.9. The Bertz CT molecular complexity index is 1380. The van der Waals surface area contributed by atoms with Crippen LogP contribution in [-0.4, -0.2) is 34.8 Å². The van der Waals surface area contributed by atoms with Crippen LogP contribution in [0.2, 0.25) is 5.02 Å². The SMILES string of the molecule is Cc1cc(-c2cc(C(=O)NC3C4(C)CCC(C4)C3(C)C)nn2Cc2ccc(CNCCCCCCN)cc2)ccc1Cl. The van der Waals surface area contributed by atoms with Crippen molar-refractivity contribution in [3.05, 3.63) is 75.9 Å². The molecule has 1 heterocycles. The molecule has 0 spiro atoms. The molecule has 2 aliphatic carbocycles. The first-order valence-corrected chi connectivity index (χ1v) is 16.1. The Kier molecular flexibility index (Phi) is 9.46. The molecule has 42 heavy (non-hydrogen) atoms. The molecule has 3 unspecified atom stereocenters. The molecule has 1 aromatic heterocycles. The lowest BCUT2D eigenvalue weighted by molar-refractivity contribution is 0.0732. The highest BCUT2D eigenvalue weighted by Crippen LogP contribution is 2.62. The van der Waals surface area contributed by atoms with Gasteiger partial charge in [-0.2, -0.15) is 5.10 Å². The van der Waals surface area contributed by atoms with Crippen molar-refractivity contribution in [2.24, 2.45) is 22.5 Å². The number of carbonyl (C=O) groups is 1. The van der Waals surface area contributed by atoms with E-state index in [0.29, 0.717) is 18.2 Å². The van der Waals surface area contributed by atoms with Crippen molar-refractivity contribution in [2.75, 3.05) is 13.1 Å². The van der Waals surface area contributed by atoms with Crippen LogP contribution in [0.15, 0.2) is 48.5 Å². The van der Waals surface area contributed by atoms with Crippen LogP contribution in [0.4, 0.5) is 0 Å². The summed E-state index contributed by atoms with van der Waals surface area (Å²) in [5.74, 6) is 0.578. The van der Waals surface area contributed by atoms with Crippen molar-refractivity contribution >= 4 is 17.5 Å². The van der Waals surface area contributed by atoms with Gasteiger partial charge in [0.15, 0.2) is 5.69 Å². The molecule has 3 atom stereocenters. The summed E-state index contributed by atoms with van der Waals surface area (Å²) >= 11 is 6.35. The lowest BCUT2D eigenvalue weighted by Crippen LogP contribution is -2.52. The molecule has 3 aromatic rings. The number of hydrogen-bond acceptors (Lipinski definition) is 4. The minimum absolute atomic E-state index is 0.0857. The van der Waals surface area contributed by atoms with Crippen molar-refractivity contribution in [1.29, 1.82) is 0 Å². The van der Waals surface area contributed by atoms with Gasteiger partial charge in [0.05, 0.1) is 12.2 Å². The molecule has 6 nitrogen and oxygen atoms in total. The minimum atomic E-state index is -0.0861. The monoisotopic (exact) mass is 589 g/mol. The number of aromatic nitrogens is 2. The molecule has 1 amide bonds. The summed E-state index contributed by atoms with van der Waals surface area (Å²) in [6.07, 6.45) is 8.35. The average Bonchev–Trinajstić information content (AvgIpc) is 3.62. The van der Waals surface area contributed by atoms with Crippen molar-refractivity contribution < 1.29 is 4.79 Å². The minimum Gasteiger partial charge on any atom is -0.347 e. The van der Waals surface area contributed by atoms with E-state index in [1.54, 1.807) is 0 Å². The number of aryl methyl sites for hydroxylation is 1. The van der Waals surface area contributed by atoms with Gasteiger partial charge in [0.1, 0.15) is 0 Å². The Morgan fingerprint density at radius 1 is 1.05 bits per heavy atom. The fraction of sp³-hybridized carbons (Fsp3) is 0.543. The van der Waals surface area contributed by atoms with Crippen LogP contribution in [-0.2, 0) is 13.1 Å². The van der Waals surface area contributed by atoms with E-state index in [0.717, 1.165) is 53.5 Å². The summed E-state index contributed by atoms with van der Waals surface area (Å²) in [4.78, 5) is 13.7. The first kappa shape index (κ1) is 30.8. The molecule has 0 saturated heterocycles. The second-order valence-electron chi connectivity index (χ2n) is 13.6.